The molecule has 0 aliphatic rings. The molecular formula is C47H84O4. The van der Waals surface area contributed by atoms with E-state index in [1.54, 1.807) is 0 Å². The molecule has 296 valence electrons. The molecule has 4 heteroatoms. The molecule has 51 heavy (non-hydrogen) atoms. The molecule has 0 fully saturated rings. The van der Waals surface area contributed by atoms with Gasteiger partial charge in [0, 0.05) is 12.8 Å². The van der Waals surface area contributed by atoms with Gasteiger partial charge in [-0.2, -0.15) is 0 Å². The fourth-order valence-electron chi connectivity index (χ4n) is 6.57. The number of hydrogen-bond acceptors (Lipinski definition) is 3. The van der Waals surface area contributed by atoms with Crippen LogP contribution in [0.4, 0.5) is 0 Å². The first kappa shape index (κ1) is 48.9. The topological polar surface area (TPSA) is 63.6 Å². The van der Waals surface area contributed by atoms with E-state index in [2.05, 4.69) is 62.5 Å². The highest BCUT2D eigenvalue weighted by molar-refractivity contribution is 5.69. The lowest BCUT2D eigenvalue weighted by Gasteiger charge is -2.14. The Hall–Kier alpha value is -2.10. The fourth-order valence-corrected chi connectivity index (χ4v) is 6.57. The number of carboxylic acid groups (broad SMARTS) is 1. The number of carbonyl (C=O) groups is 2. The van der Waals surface area contributed by atoms with Crippen LogP contribution in [-0.2, 0) is 14.3 Å². The summed E-state index contributed by atoms with van der Waals surface area (Å²) in [5.41, 5.74) is 0. The molecule has 0 saturated carbocycles. The molecule has 0 radical (unpaired) electrons. The van der Waals surface area contributed by atoms with Crippen LogP contribution in [0.3, 0.4) is 0 Å². The summed E-state index contributed by atoms with van der Waals surface area (Å²) >= 11 is 0. The van der Waals surface area contributed by atoms with E-state index < -0.39 is 5.97 Å². The Morgan fingerprint density at radius 1 is 0.451 bits per heavy atom. The standard InChI is InChI=1S/C47H84O4/c1-3-5-7-9-11-13-15-16-17-18-19-20-21-22-23-24-25-27-29-31-36-40-44-47(50)51-45(42-38-34-32-35-39-43-46(48)49)41-37-33-30-28-26-14-12-10-8-6-4-2/h6,8,12,14,28,30,37,41,45H,3-5,7,9-11,13,15-27,29,31-36,38-40,42-44H2,1-2H3,(H,48,49)/b8-6-,14-12-,30-28-,41-37-. The molecule has 0 spiro atoms. The van der Waals surface area contributed by atoms with Crippen LogP contribution in [0.2, 0.25) is 0 Å². The average molecular weight is 713 g/mol. The molecular weight excluding hydrogens is 629 g/mol. The van der Waals surface area contributed by atoms with Gasteiger partial charge in [-0.3, -0.25) is 9.59 Å². The van der Waals surface area contributed by atoms with Crippen LogP contribution in [0.5, 0.6) is 0 Å². The highest BCUT2D eigenvalue weighted by Gasteiger charge is 2.11. The van der Waals surface area contributed by atoms with Gasteiger partial charge in [0.1, 0.15) is 6.10 Å². The minimum Gasteiger partial charge on any atom is -0.481 e. The number of aliphatic carboxylic acids is 1. The molecule has 0 amide bonds. The van der Waals surface area contributed by atoms with Gasteiger partial charge in [-0.15, -0.1) is 0 Å². The number of esters is 1. The second-order valence-corrected chi connectivity index (χ2v) is 14.9. The molecule has 0 bridgehead atoms. The molecule has 0 aromatic rings. The SMILES string of the molecule is CC/C=C\C/C=C\C/C=C\C/C=C\C(CCCCCCCC(=O)O)OC(=O)CCCCCCCCCCCCCCCCCCCCCCCC. The lowest BCUT2D eigenvalue weighted by Crippen LogP contribution is -2.16. The summed E-state index contributed by atoms with van der Waals surface area (Å²) in [6.07, 6.45) is 57.4. The van der Waals surface area contributed by atoms with E-state index in [0.29, 0.717) is 6.42 Å². The zero-order valence-electron chi connectivity index (χ0n) is 33.9. The van der Waals surface area contributed by atoms with Crippen LogP contribution in [-0.4, -0.2) is 23.1 Å². The van der Waals surface area contributed by atoms with Crippen molar-refractivity contribution in [3.63, 3.8) is 0 Å². The Balaban J connectivity index is 3.95. The van der Waals surface area contributed by atoms with Gasteiger partial charge in [0.05, 0.1) is 0 Å². The maximum atomic E-state index is 12.7. The highest BCUT2D eigenvalue weighted by atomic mass is 16.5. The first-order valence-electron chi connectivity index (χ1n) is 22.1. The number of hydrogen-bond donors (Lipinski definition) is 1. The smallest absolute Gasteiger partial charge is 0.306 e. The largest absolute Gasteiger partial charge is 0.481 e. The van der Waals surface area contributed by atoms with Crippen LogP contribution < -0.4 is 0 Å². The number of rotatable bonds is 40. The summed E-state index contributed by atoms with van der Waals surface area (Å²) in [5, 5.41) is 8.82. The van der Waals surface area contributed by atoms with Crippen molar-refractivity contribution >= 4 is 11.9 Å². The van der Waals surface area contributed by atoms with Crippen LogP contribution in [0, 0.1) is 0 Å². The lowest BCUT2D eigenvalue weighted by molar-refractivity contribution is -0.147. The molecule has 1 N–H and O–H groups in total. The van der Waals surface area contributed by atoms with Gasteiger partial charge < -0.3 is 9.84 Å². The Kier molecular flexibility index (Phi) is 40.6. The van der Waals surface area contributed by atoms with E-state index in [1.807, 2.05) is 0 Å². The van der Waals surface area contributed by atoms with Crippen molar-refractivity contribution in [3.05, 3.63) is 48.6 Å². The van der Waals surface area contributed by atoms with Gasteiger partial charge in [0.15, 0.2) is 0 Å². The summed E-state index contributed by atoms with van der Waals surface area (Å²) in [6, 6.07) is 0. The third-order valence-electron chi connectivity index (χ3n) is 9.80. The predicted molar refractivity (Wildman–Crippen MR) is 222 cm³/mol. The quantitative estimate of drug-likeness (QED) is 0.0390. The number of unbranched alkanes of at least 4 members (excludes halogenated alkanes) is 25. The predicted octanol–water partition coefficient (Wildman–Crippen LogP) is 15.5. The van der Waals surface area contributed by atoms with Crippen molar-refractivity contribution in [1.29, 1.82) is 0 Å². The molecule has 1 atom stereocenters. The van der Waals surface area contributed by atoms with Gasteiger partial charge in [-0.05, 0) is 57.4 Å². The van der Waals surface area contributed by atoms with Crippen molar-refractivity contribution < 1.29 is 19.4 Å². The molecule has 0 heterocycles. The van der Waals surface area contributed by atoms with Gasteiger partial charge in [0.2, 0.25) is 0 Å². The first-order chi connectivity index (χ1) is 25.1. The Morgan fingerprint density at radius 2 is 0.804 bits per heavy atom. The monoisotopic (exact) mass is 713 g/mol. The fraction of sp³-hybridized carbons (Fsp3) is 0.787. The maximum absolute atomic E-state index is 12.7. The number of ether oxygens (including phenoxy) is 1. The molecule has 0 saturated heterocycles. The van der Waals surface area contributed by atoms with E-state index in [4.69, 9.17) is 9.84 Å². The molecule has 0 aliphatic carbocycles. The van der Waals surface area contributed by atoms with Crippen LogP contribution in [0.25, 0.3) is 0 Å². The highest BCUT2D eigenvalue weighted by Crippen LogP contribution is 2.17. The molecule has 0 aromatic carbocycles. The van der Waals surface area contributed by atoms with Crippen molar-refractivity contribution in [2.45, 2.75) is 238 Å². The van der Waals surface area contributed by atoms with Crippen LogP contribution in [0.15, 0.2) is 48.6 Å². The van der Waals surface area contributed by atoms with Crippen molar-refractivity contribution in [3.8, 4) is 0 Å². The molecule has 1 unspecified atom stereocenters. The van der Waals surface area contributed by atoms with E-state index in [1.165, 1.54) is 128 Å². The van der Waals surface area contributed by atoms with E-state index in [0.717, 1.165) is 77.0 Å². The zero-order valence-corrected chi connectivity index (χ0v) is 33.9. The molecule has 0 rings (SSSR count). The average Bonchev–Trinajstić information content (AvgIpc) is 3.12. The summed E-state index contributed by atoms with van der Waals surface area (Å²) in [6.45, 7) is 4.44. The normalized spacial score (nSPS) is 12.7. The molecule has 0 aromatic heterocycles. The van der Waals surface area contributed by atoms with Crippen LogP contribution >= 0.6 is 0 Å². The Bertz CT molecular complexity index is 854. The second-order valence-electron chi connectivity index (χ2n) is 14.9. The van der Waals surface area contributed by atoms with E-state index in [-0.39, 0.29) is 18.5 Å². The molecule has 4 nitrogen and oxygen atoms in total. The second kappa shape index (κ2) is 42.3. The number of carboxylic acids is 1. The summed E-state index contributed by atoms with van der Waals surface area (Å²) < 4.78 is 5.90. The number of carbonyl (C=O) groups excluding carboxylic acids is 1. The van der Waals surface area contributed by atoms with Gasteiger partial charge >= 0.3 is 11.9 Å². The third kappa shape index (κ3) is 42.2. The van der Waals surface area contributed by atoms with Crippen molar-refractivity contribution in [1.82, 2.24) is 0 Å². The van der Waals surface area contributed by atoms with Gasteiger partial charge in [-0.25, -0.2) is 0 Å². The lowest BCUT2D eigenvalue weighted by atomic mass is 10.0. The summed E-state index contributed by atoms with van der Waals surface area (Å²) in [4.78, 5) is 23.4. The van der Waals surface area contributed by atoms with E-state index >= 15 is 0 Å². The Labute approximate surface area is 317 Å². The van der Waals surface area contributed by atoms with Crippen molar-refractivity contribution in [2.75, 3.05) is 0 Å². The first-order valence-corrected chi connectivity index (χ1v) is 22.1. The Morgan fingerprint density at radius 3 is 1.22 bits per heavy atom. The van der Waals surface area contributed by atoms with Gasteiger partial charge in [-0.1, -0.05) is 210 Å². The van der Waals surface area contributed by atoms with Crippen molar-refractivity contribution in [2.24, 2.45) is 0 Å². The minimum absolute atomic E-state index is 0.0722. The van der Waals surface area contributed by atoms with Gasteiger partial charge in [0.25, 0.3) is 0 Å². The zero-order chi connectivity index (χ0) is 37.1. The third-order valence-corrected chi connectivity index (χ3v) is 9.80. The van der Waals surface area contributed by atoms with E-state index in [9.17, 15) is 9.59 Å². The minimum atomic E-state index is -0.716. The molecule has 0 aliphatic heterocycles. The maximum Gasteiger partial charge on any atom is 0.306 e. The summed E-state index contributed by atoms with van der Waals surface area (Å²) in [5.74, 6) is -0.788. The summed E-state index contributed by atoms with van der Waals surface area (Å²) in [7, 11) is 0. The van der Waals surface area contributed by atoms with Crippen LogP contribution in [0.1, 0.15) is 232 Å². The number of allylic oxidation sites excluding steroid dienone is 7.